The first-order valence-electron chi connectivity index (χ1n) is 6.96. The van der Waals surface area contributed by atoms with E-state index in [9.17, 15) is 4.79 Å². The highest BCUT2D eigenvalue weighted by Gasteiger charge is 2.15. The third-order valence-corrected chi connectivity index (χ3v) is 3.42. The van der Waals surface area contributed by atoms with Gasteiger partial charge in [0.2, 0.25) is 5.95 Å². The second kappa shape index (κ2) is 6.93. The van der Waals surface area contributed by atoms with Crippen molar-refractivity contribution >= 4 is 23.5 Å². The molecule has 0 unspecified atom stereocenters. The van der Waals surface area contributed by atoms with E-state index in [2.05, 4.69) is 25.5 Å². The Hall–Kier alpha value is -3.18. The quantitative estimate of drug-likeness (QED) is 0.734. The monoisotopic (exact) mass is 342 g/mol. The van der Waals surface area contributed by atoms with E-state index in [4.69, 9.17) is 21.3 Å². The number of carbonyl (C=O) groups excluding carboxylic acids is 1. The van der Waals surface area contributed by atoms with Crippen LogP contribution >= 0.6 is 11.6 Å². The fourth-order valence-corrected chi connectivity index (χ4v) is 2.24. The number of furan rings is 1. The molecule has 0 fully saturated rings. The number of nitrogens with zero attached hydrogens (tertiary/aromatic N) is 4. The van der Waals surface area contributed by atoms with Crippen LogP contribution in [0.15, 0.2) is 35.1 Å². The van der Waals surface area contributed by atoms with Crippen molar-refractivity contribution in [2.24, 2.45) is 0 Å². The number of aryl methyl sites for hydroxylation is 2. The lowest BCUT2D eigenvalue weighted by atomic mass is 10.2. The summed E-state index contributed by atoms with van der Waals surface area (Å²) in [5.74, 6) is 1.02. The van der Waals surface area contributed by atoms with Gasteiger partial charge in [-0.15, -0.1) is 5.10 Å². The second-order valence-electron chi connectivity index (χ2n) is 4.81. The lowest BCUT2D eigenvalue weighted by molar-refractivity contribution is 0.102. The Morgan fingerprint density at radius 2 is 2.33 bits per heavy atom. The highest BCUT2D eigenvalue weighted by atomic mass is 35.5. The van der Waals surface area contributed by atoms with Gasteiger partial charge in [-0.1, -0.05) is 11.6 Å². The number of amides is 1. The highest BCUT2D eigenvalue weighted by Crippen LogP contribution is 2.16. The molecule has 0 aromatic carbocycles. The number of aromatic nitrogens is 4. The minimum atomic E-state index is -0.555. The van der Waals surface area contributed by atoms with Gasteiger partial charge in [-0.3, -0.25) is 15.2 Å². The molecule has 0 aliphatic carbocycles. The van der Waals surface area contributed by atoms with Gasteiger partial charge in [0, 0.05) is 19.0 Å². The van der Waals surface area contributed by atoms with Crippen LogP contribution in [0.25, 0.3) is 0 Å². The summed E-state index contributed by atoms with van der Waals surface area (Å²) >= 11 is 5.95. The number of halogens is 1. The van der Waals surface area contributed by atoms with E-state index in [1.807, 2.05) is 18.2 Å². The lowest BCUT2D eigenvalue weighted by Crippen LogP contribution is -2.15. The van der Waals surface area contributed by atoms with Crippen LogP contribution in [-0.4, -0.2) is 26.1 Å². The van der Waals surface area contributed by atoms with Crippen molar-refractivity contribution in [3.05, 3.63) is 58.5 Å². The number of pyridine rings is 1. The Labute approximate surface area is 141 Å². The van der Waals surface area contributed by atoms with Gasteiger partial charge in [-0.2, -0.15) is 10.2 Å². The Morgan fingerprint density at radius 1 is 1.46 bits per heavy atom. The number of anilines is 1. The van der Waals surface area contributed by atoms with Crippen LogP contribution in [0.3, 0.4) is 0 Å². The van der Waals surface area contributed by atoms with Gasteiger partial charge in [0.15, 0.2) is 0 Å². The molecule has 3 aromatic rings. The van der Waals surface area contributed by atoms with E-state index in [0.29, 0.717) is 18.7 Å². The van der Waals surface area contributed by atoms with Crippen LogP contribution < -0.4 is 5.32 Å². The van der Waals surface area contributed by atoms with Gasteiger partial charge >= 0.3 is 0 Å². The molecule has 120 valence electrons. The molecule has 3 aromatic heterocycles. The van der Waals surface area contributed by atoms with Crippen molar-refractivity contribution in [2.75, 3.05) is 5.32 Å². The van der Waals surface area contributed by atoms with Gasteiger partial charge in [-0.05, 0) is 18.2 Å². The largest absolute Gasteiger partial charge is 0.469 e. The molecule has 0 radical (unpaired) electrons. The summed E-state index contributed by atoms with van der Waals surface area (Å²) in [4.78, 5) is 20.2. The molecule has 1 amide bonds. The van der Waals surface area contributed by atoms with E-state index < -0.39 is 5.91 Å². The molecule has 0 saturated carbocycles. The summed E-state index contributed by atoms with van der Waals surface area (Å²) in [6.07, 6.45) is 4.13. The number of aromatic amines is 1. The molecule has 8 nitrogen and oxygen atoms in total. The number of rotatable bonds is 5. The lowest BCUT2D eigenvalue weighted by Gasteiger charge is -2.02. The average molecular weight is 343 g/mol. The molecule has 0 saturated heterocycles. The van der Waals surface area contributed by atoms with Crippen LogP contribution in [-0.2, 0) is 12.8 Å². The number of hydrogen-bond donors (Lipinski definition) is 2. The van der Waals surface area contributed by atoms with E-state index in [-0.39, 0.29) is 22.2 Å². The predicted molar refractivity (Wildman–Crippen MR) is 84.4 cm³/mol. The molecule has 0 spiro atoms. The fraction of sp³-hybridized carbons (Fsp3) is 0.133. The zero-order valence-corrected chi connectivity index (χ0v) is 13.0. The van der Waals surface area contributed by atoms with Gasteiger partial charge in [0.1, 0.15) is 23.3 Å². The van der Waals surface area contributed by atoms with Crippen LogP contribution in [0, 0.1) is 11.3 Å². The molecular formula is C15H11ClN6O2. The standard InChI is InChI=1S/C15H11ClN6O2/c16-11-6-9(7-17)8-18-13(11)14(23)20-15-19-12(21-22-15)4-3-10-2-1-5-24-10/h1-2,5-6,8H,3-4H2,(H2,19,20,21,22,23). The Bertz CT molecular complexity index is 897. The molecule has 0 aliphatic rings. The van der Waals surface area contributed by atoms with Gasteiger partial charge < -0.3 is 4.42 Å². The summed E-state index contributed by atoms with van der Waals surface area (Å²) in [7, 11) is 0. The minimum absolute atomic E-state index is 0.00222. The Balaban J connectivity index is 1.64. The maximum Gasteiger partial charge on any atom is 0.278 e. The summed E-state index contributed by atoms with van der Waals surface area (Å²) in [5, 5.41) is 18.0. The molecule has 9 heteroatoms. The van der Waals surface area contributed by atoms with E-state index in [1.165, 1.54) is 12.3 Å². The zero-order valence-electron chi connectivity index (χ0n) is 12.3. The summed E-state index contributed by atoms with van der Waals surface area (Å²) in [5.41, 5.74) is 0.271. The van der Waals surface area contributed by atoms with Crippen LogP contribution in [0.5, 0.6) is 0 Å². The van der Waals surface area contributed by atoms with Crippen molar-refractivity contribution in [3.8, 4) is 6.07 Å². The van der Waals surface area contributed by atoms with Crippen LogP contribution in [0.4, 0.5) is 5.95 Å². The molecule has 0 bridgehead atoms. The second-order valence-corrected chi connectivity index (χ2v) is 5.21. The summed E-state index contributed by atoms with van der Waals surface area (Å²) < 4.78 is 5.24. The van der Waals surface area contributed by atoms with Gasteiger partial charge in [0.25, 0.3) is 5.91 Å². The maximum atomic E-state index is 12.1. The molecule has 0 atom stereocenters. The van der Waals surface area contributed by atoms with Gasteiger partial charge in [-0.25, -0.2) is 4.98 Å². The molecule has 3 heterocycles. The van der Waals surface area contributed by atoms with Crippen molar-refractivity contribution in [1.82, 2.24) is 20.2 Å². The predicted octanol–water partition coefficient (Wildman–Crippen LogP) is 2.36. The van der Waals surface area contributed by atoms with E-state index in [0.717, 1.165) is 5.76 Å². The normalized spacial score (nSPS) is 10.3. The number of hydrogen-bond acceptors (Lipinski definition) is 6. The SMILES string of the molecule is N#Cc1cnc(C(=O)Nc2n[nH]c(CCc3ccco3)n2)c(Cl)c1. The first-order chi connectivity index (χ1) is 11.7. The van der Waals surface area contributed by atoms with Crippen molar-refractivity contribution < 1.29 is 9.21 Å². The highest BCUT2D eigenvalue weighted by molar-refractivity contribution is 6.34. The average Bonchev–Trinajstić information content (AvgIpc) is 3.24. The van der Waals surface area contributed by atoms with Crippen molar-refractivity contribution in [1.29, 1.82) is 5.26 Å². The third-order valence-electron chi connectivity index (χ3n) is 3.13. The number of H-pyrrole nitrogens is 1. The molecule has 0 aliphatic heterocycles. The number of nitrogens with one attached hydrogen (secondary N) is 2. The first-order valence-corrected chi connectivity index (χ1v) is 7.34. The zero-order chi connectivity index (χ0) is 16.9. The Morgan fingerprint density at radius 3 is 3.04 bits per heavy atom. The van der Waals surface area contributed by atoms with E-state index >= 15 is 0 Å². The summed E-state index contributed by atoms with van der Waals surface area (Å²) in [6.45, 7) is 0. The van der Waals surface area contributed by atoms with Crippen LogP contribution in [0.2, 0.25) is 5.02 Å². The number of carbonyl (C=O) groups is 1. The molecule has 2 N–H and O–H groups in total. The topological polar surface area (TPSA) is 120 Å². The fourth-order valence-electron chi connectivity index (χ4n) is 1.99. The van der Waals surface area contributed by atoms with Gasteiger partial charge in [0.05, 0.1) is 16.8 Å². The Kier molecular flexibility index (Phi) is 4.54. The smallest absolute Gasteiger partial charge is 0.278 e. The molecular weight excluding hydrogens is 332 g/mol. The minimum Gasteiger partial charge on any atom is -0.469 e. The van der Waals surface area contributed by atoms with Crippen molar-refractivity contribution in [2.45, 2.75) is 12.8 Å². The van der Waals surface area contributed by atoms with Crippen LogP contribution in [0.1, 0.15) is 27.6 Å². The third kappa shape index (κ3) is 3.59. The first kappa shape index (κ1) is 15.7. The summed E-state index contributed by atoms with van der Waals surface area (Å²) in [6, 6.07) is 6.96. The molecule has 3 rings (SSSR count). The van der Waals surface area contributed by atoms with E-state index in [1.54, 1.807) is 6.26 Å². The van der Waals surface area contributed by atoms with Crippen molar-refractivity contribution in [3.63, 3.8) is 0 Å². The number of nitriles is 1. The maximum absolute atomic E-state index is 12.1. The molecule has 24 heavy (non-hydrogen) atoms.